The first kappa shape index (κ1) is 22.8. The van der Waals surface area contributed by atoms with Gasteiger partial charge in [-0.05, 0) is 42.3 Å². The number of carboxylic acids is 1. The summed E-state index contributed by atoms with van der Waals surface area (Å²) in [7, 11) is 0. The number of benzene rings is 2. The van der Waals surface area contributed by atoms with E-state index in [9.17, 15) is 19.5 Å². The molecule has 0 spiro atoms. The minimum Gasteiger partial charge on any atom is -0.480 e. The highest BCUT2D eigenvalue weighted by molar-refractivity contribution is 6.33. The molecule has 0 radical (unpaired) electrons. The van der Waals surface area contributed by atoms with Crippen molar-refractivity contribution in [1.82, 2.24) is 15.5 Å². The molecule has 0 aliphatic heterocycles. The summed E-state index contributed by atoms with van der Waals surface area (Å²) in [5.41, 5.74) is 1.51. The molecule has 0 unspecified atom stereocenters. The Morgan fingerprint density at radius 1 is 1.03 bits per heavy atom. The molecule has 0 saturated heterocycles. The standard InChI is InChI=1S/C21H20ClN5O5/c1-11(2)16(20(29)30)25-18(28)19-26-17(27-32-19)12-7-9-13(10-8-12)23-21(31)24-15-6-4-3-5-14(15)22/h3-11,16H,1-2H3,(H,25,28)(H,29,30)(H2,23,24,31)/t16-/m0/s1. The van der Waals surface area contributed by atoms with Crippen LogP contribution in [0, 0.1) is 5.92 Å². The van der Waals surface area contributed by atoms with Crippen molar-refractivity contribution in [3.8, 4) is 11.4 Å². The summed E-state index contributed by atoms with van der Waals surface area (Å²) in [5.74, 6) is -2.48. The second-order valence-corrected chi connectivity index (χ2v) is 7.50. The van der Waals surface area contributed by atoms with Gasteiger partial charge in [-0.2, -0.15) is 4.98 Å². The number of carbonyl (C=O) groups excluding carboxylic acids is 2. The number of rotatable bonds is 7. The number of carboxylic acid groups (broad SMARTS) is 1. The minimum absolute atomic E-state index is 0.138. The van der Waals surface area contributed by atoms with Crippen LogP contribution in [0.4, 0.5) is 16.2 Å². The summed E-state index contributed by atoms with van der Waals surface area (Å²) in [6.45, 7) is 3.34. The van der Waals surface area contributed by atoms with Crippen molar-refractivity contribution in [2.45, 2.75) is 19.9 Å². The highest BCUT2D eigenvalue weighted by Gasteiger charge is 2.26. The van der Waals surface area contributed by atoms with Gasteiger partial charge in [0, 0.05) is 11.3 Å². The van der Waals surface area contributed by atoms with Gasteiger partial charge in [-0.25, -0.2) is 9.59 Å². The predicted molar refractivity (Wildman–Crippen MR) is 118 cm³/mol. The fourth-order valence-corrected chi connectivity index (χ4v) is 2.88. The van der Waals surface area contributed by atoms with E-state index in [4.69, 9.17) is 16.1 Å². The smallest absolute Gasteiger partial charge is 0.326 e. The second-order valence-electron chi connectivity index (χ2n) is 7.09. The summed E-state index contributed by atoms with van der Waals surface area (Å²) < 4.78 is 4.96. The Bertz CT molecular complexity index is 1130. The fraction of sp³-hybridized carbons (Fsp3) is 0.190. The summed E-state index contributed by atoms with van der Waals surface area (Å²) >= 11 is 6.02. The predicted octanol–water partition coefficient (Wildman–Crippen LogP) is 3.87. The summed E-state index contributed by atoms with van der Waals surface area (Å²) in [6.07, 6.45) is 0. The van der Waals surface area contributed by atoms with Crippen molar-refractivity contribution in [1.29, 1.82) is 0 Å². The van der Waals surface area contributed by atoms with Gasteiger partial charge in [-0.15, -0.1) is 0 Å². The first-order valence-electron chi connectivity index (χ1n) is 9.55. The van der Waals surface area contributed by atoms with Crippen LogP contribution in [0.25, 0.3) is 11.4 Å². The molecule has 10 nitrogen and oxygen atoms in total. The monoisotopic (exact) mass is 457 g/mol. The fourth-order valence-electron chi connectivity index (χ4n) is 2.70. The number of aromatic nitrogens is 2. The normalized spacial score (nSPS) is 11.6. The zero-order valence-corrected chi connectivity index (χ0v) is 17.9. The van der Waals surface area contributed by atoms with E-state index in [0.29, 0.717) is 22.0 Å². The average Bonchev–Trinajstić information content (AvgIpc) is 3.24. The number of carbonyl (C=O) groups is 3. The Balaban J connectivity index is 1.63. The largest absolute Gasteiger partial charge is 0.480 e. The molecule has 4 N–H and O–H groups in total. The average molecular weight is 458 g/mol. The van der Waals surface area contributed by atoms with Gasteiger partial charge >= 0.3 is 23.8 Å². The maximum Gasteiger partial charge on any atom is 0.326 e. The van der Waals surface area contributed by atoms with Gasteiger partial charge in [0.2, 0.25) is 5.82 Å². The van der Waals surface area contributed by atoms with Crippen molar-refractivity contribution in [2.24, 2.45) is 5.92 Å². The van der Waals surface area contributed by atoms with Crippen LogP contribution in [0.1, 0.15) is 24.5 Å². The van der Waals surface area contributed by atoms with E-state index in [1.807, 2.05) is 0 Å². The van der Waals surface area contributed by atoms with E-state index < -0.39 is 23.9 Å². The number of aliphatic carboxylic acids is 1. The molecule has 2 aromatic carbocycles. The molecule has 1 aromatic heterocycles. The number of para-hydroxylation sites is 1. The number of hydrogen-bond donors (Lipinski definition) is 4. The minimum atomic E-state index is -1.16. The lowest BCUT2D eigenvalue weighted by Crippen LogP contribution is -2.44. The van der Waals surface area contributed by atoms with Crippen molar-refractivity contribution >= 4 is 40.9 Å². The number of nitrogens with one attached hydrogen (secondary N) is 3. The van der Waals surface area contributed by atoms with Crippen LogP contribution in [-0.2, 0) is 4.79 Å². The van der Waals surface area contributed by atoms with E-state index in [1.165, 1.54) is 0 Å². The van der Waals surface area contributed by atoms with E-state index in [0.717, 1.165) is 0 Å². The van der Waals surface area contributed by atoms with Crippen LogP contribution in [0.15, 0.2) is 53.1 Å². The molecule has 0 aliphatic carbocycles. The molecule has 3 amide bonds. The topological polar surface area (TPSA) is 146 Å². The zero-order valence-electron chi connectivity index (χ0n) is 17.1. The summed E-state index contributed by atoms with van der Waals surface area (Å²) in [6, 6.07) is 11.8. The maximum absolute atomic E-state index is 12.2. The number of urea groups is 1. The van der Waals surface area contributed by atoms with E-state index in [-0.39, 0.29) is 17.6 Å². The molecule has 3 rings (SSSR count). The van der Waals surface area contributed by atoms with E-state index >= 15 is 0 Å². The number of hydrogen-bond acceptors (Lipinski definition) is 6. The SMILES string of the molecule is CC(C)[C@H](NC(=O)c1nc(-c2ccc(NC(=O)Nc3ccccc3Cl)cc2)no1)C(=O)O. The molecular weight excluding hydrogens is 438 g/mol. The molecule has 1 heterocycles. The molecule has 166 valence electrons. The van der Waals surface area contributed by atoms with Crippen LogP contribution >= 0.6 is 11.6 Å². The number of nitrogens with zero attached hydrogens (tertiary/aromatic N) is 2. The van der Waals surface area contributed by atoms with Crippen molar-refractivity contribution in [3.05, 3.63) is 59.4 Å². The lowest BCUT2D eigenvalue weighted by Gasteiger charge is -2.16. The van der Waals surface area contributed by atoms with Crippen molar-refractivity contribution < 1.29 is 24.0 Å². The van der Waals surface area contributed by atoms with Crippen molar-refractivity contribution in [2.75, 3.05) is 10.6 Å². The quantitative estimate of drug-likeness (QED) is 0.421. The molecule has 0 saturated carbocycles. The summed E-state index contributed by atoms with van der Waals surface area (Å²) in [4.78, 5) is 39.6. The number of amides is 3. The molecule has 0 fully saturated rings. The van der Waals surface area contributed by atoms with E-state index in [1.54, 1.807) is 62.4 Å². The van der Waals surface area contributed by atoms with Crippen LogP contribution in [-0.4, -0.2) is 39.2 Å². The van der Waals surface area contributed by atoms with Gasteiger partial charge in [0.25, 0.3) is 0 Å². The number of anilines is 2. The van der Waals surface area contributed by atoms with Crippen molar-refractivity contribution in [3.63, 3.8) is 0 Å². The number of halogens is 1. The molecule has 0 aliphatic rings. The molecule has 1 atom stereocenters. The van der Waals surface area contributed by atoms with Gasteiger partial charge < -0.3 is 25.6 Å². The Morgan fingerprint density at radius 2 is 1.72 bits per heavy atom. The van der Waals surface area contributed by atoms with Gasteiger partial charge in [0.05, 0.1) is 10.7 Å². The van der Waals surface area contributed by atoms with Crippen LogP contribution in [0.3, 0.4) is 0 Å². The molecule has 11 heteroatoms. The lowest BCUT2D eigenvalue weighted by atomic mass is 10.1. The third kappa shape index (κ3) is 5.61. The highest BCUT2D eigenvalue weighted by Crippen LogP contribution is 2.22. The third-order valence-corrected chi connectivity index (χ3v) is 4.69. The Kier molecular flexibility index (Phi) is 7.06. The molecule has 32 heavy (non-hydrogen) atoms. The Labute approximate surface area is 188 Å². The maximum atomic E-state index is 12.2. The Hall–Kier alpha value is -3.92. The van der Waals surface area contributed by atoms with Gasteiger partial charge in [-0.1, -0.05) is 42.7 Å². The zero-order chi connectivity index (χ0) is 23.3. The first-order valence-corrected chi connectivity index (χ1v) is 9.92. The van der Waals surface area contributed by atoms with Crippen LogP contribution < -0.4 is 16.0 Å². The van der Waals surface area contributed by atoms with Crippen LogP contribution in [0.5, 0.6) is 0 Å². The Morgan fingerprint density at radius 3 is 2.34 bits per heavy atom. The van der Waals surface area contributed by atoms with E-state index in [2.05, 4.69) is 26.1 Å². The highest BCUT2D eigenvalue weighted by atomic mass is 35.5. The van der Waals surface area contributed by atoms with Gasteiger partial charge in [0.15, 0.2) is 0 Å². The second kappa shape index (κ2) is 9.92. The van der Waals surface area contributed by atoms with Gasteiger partial charge in [0.1, 0.15) is 6.04 Å². The first-order chi connectivity index (χ1) is 15.2. The molecule has 3 aromatic rings. The van der Waals surface area contributed by atoms with Gasteiger partial charge in [-0.3, -0.25) is 4.79 Å². The lowest BCUT2D eigenvalue weighted by molar-refractivity contribution is -0.140. The molecular formula is C21H20ClN5O5. The van der Waals surface area contributed by atoms with Crippen LogP contribution in [0.2, 0.25) is 5.02 Å². The summed E-state index contributed by atoms with van der Waals surface area (Å²) in [5, 5.41) is 21.0. The molecule has 0 bridgehead atoms. The third-order valence-electron chi connectivity index (χ3n) is 4.36.